The predicted molar refractivity (Wildman–Crippen MR) is 75.9 cm³/mol. The summed E-state index contributed by atoms with van der Waals surface area (Å²) in [5.41, 5.74) is 1.96. The lowest BCUT2D eigenvalue weighted by molar-refractivity contribution is 0.157. The molecular formula is C14H14N2O3S. The molecule has 0 N–H and O–H groups in total. The van der Waals surface area contributed by atoms with E-state index < -0.39 is 0 Å². The molecule has 2 aromatic rings. The molecule has 1 aliphatic rings. The van der Waals surface area contributed by atoms with Gasteiger partial charge in [-0.05, 0) is 24.3 Å². The fourth-order valence-electron chi connectivity index (χ4n) is 2.01. The SMILES string of the molecule is COc1ccc(-c2csc(CN3CCOC3=O)n2)cc1. The highest BCUT2D eigenvalue weighted by atomic mass is 32.1. The number of aromatic nitrogens is 1. The van der Waals surface area contributed by atoms with Gasteiger partial charge in [-0.3, -0.25) is 4.90 Å². The Bertz CT molecular complexity index is 609. The van der Waals surface area contributed by atoms with Crippen molar-refractivity contribution in [2.45, 2.75) is 6.54 Å². The van der Waals surface area contributed by atoms with Crippen LogP contribution in [0, 0.1) is 0 Å². The number of cyclic esters (lactones) is 1. The minimum Gasteiger partial charge on any atom is -0.497 e. The van der Waals surface area contributed by atoms with Crippen molar-refractivity contribution in [2.24, 2.45) is 0 Å². The molecule has 1 saturated heterocycles. The van der Waals surface area contributed by atoms with Gasteiger partial charge in [0.15, 0.2) is 0 Å². The lowest BCUT2D eigenvalue weighted by Gasteiger charge is -2.09. The number of rotatable bonds is 4. The average molecular weight is 290 g/mol. The van der Waals surface area contributed by atoms with Crippen molar-refractivity contribution in [3.8, 4) is 17.0 Å². The number of ether oxygens (including phenoxy) is 2. The van der Waals surface area contributed by atoms with E-state index in [0.29, 0.717) is 19.7 Å². The Hall–Kier alpha value is -2.08. The van der Waals surface area contributed by atoms with Crippen LogP contribution >= 0.6 is 11.3 Å². The third kappa shape index (κ3) is 2.60. The van der Waals surface area contributed by atoms with E-state index in [9.17, 15) is 4.79 Å². The van der Waals surface area contributed by atoms with Gasteiger partial charge in [0.1, 0.15) is 17.4 Å². The number of carbonyl (C=O) groups excluding carboxylic acids is 1. The minimum atomic E-state index is -0.258. The Morgan fingerprint density at radius 3 is 2.85 bits per heavy atom. The highest BCUT2D eigenvalue weighted by Gasteiger charge is 2.22. The van der Waals surface area contributed by atoms with Crippen molar-refractivity contribution in [1.82, 2.24) is 9.88 Å². The summed E-state index contributed by atoms with van der Waals surface area (Å²) < 4.78 is 10.0. The summed E-state index contributed by atoms with van der Waals surface area (Å²) in [6.07, 6.45) is -0.258. The van der Waals surface area contributed by atoms with Crippen molar-refractivity contribution in [1.29, 1.82) is 0 Å². The van der Waals surface area contributed by atoms with E-state index in [1.54, 1.807) is 23.3 Å². The second-order valence-corrected chi connectivity index (χ2v) is 5.33. The first-order chi connectivity index (χ1) is 9.76. The second kappa shape index (κ2) is 5.50. The molecule has 1 amide bonds. The molecule has 0 saturated carbocycles. The maximum absolute atomic E-state index is 11.4. The molecule has 20 heavy (non-hydrogen) atoms. The van der Waals surface area contributed by atoms with Crippen molar-refractivity contribution >= 4 is 17.4 Å². The lowest BCUT2D eigenvalue weighted by Crippen LogP contribution is -2.23. The first kappa shape index (κ1) is 12.9. The molecular weight excluding hydrogens is 276 g/mol. The van der Waals surface area contributed by atoms with Crippen LogP contribution in [0.5, 0.6) is 5.75 Å². The van der Waals surface area contributed by atoms with Gasteiger partial charge in [-0.15, -0.1) is 11.3 Å². The van der Waals surface area contributed by atoms with Crippen LogP contribution < -0.4 is 4.74 Å². The van der Waals surface area contributed by atoms with Gasteiger partial charge in [0.2, 0.25) is 0 Å². The predicted octanol–water partition coefficient (Wildman–Crippen LogP) is 2.77. The van der Waals surface area contributed by atoms with Gasteiger partial charge in [-0.25, -0.2) is 9.78 Å². The number of nitrogens with zero attached hydrogens (tertiary/aromatic N) is 2. The van der Waals surface area contributed by atoms with Gasteiger partial charge in [0, 0.05) is 10.9 Å². The highest BCUT2D eigenvalue weighted by molar-refractivity contribution is 7.09. The number of benzene rings is 1. The number of thiazole rings is 1. The van der Waals surface area contributed by atoms with Gasteiger partial charge in [0.25, 0.3) is 0 Å². The maximum Gasteiger partial charge on any atom is 0.410 e. The smallest absolute Gasteiger partial charge is 0.410 e. The zero-order valence-electron chi connectivity index (χ0n) is 11.0. The van der Waals surface area contributed by atoms with E-state index in [0.717, 1.165) is 22.0 Å². The van der Waals surface area contributed by atoms with E-state index in [1.807, 2.05) is 29.6 Å². The summed E-state index contributed by atoms with van der Waals surface area (Å²) in [5, 5.41) is 2.91. The lowest BCUT2D eigenvalue weighted by atomic mass is 10.2. The van der Waals surface area contributed by atoms with Crippen molar-refractivity contribution in [3.63, 3.8) is 0 Å². The Labute approximate surface area is 120 Å². The van der Waals surface area contributed by atoms with Crippen LogP contribution in [0.15, 0.2) is 29.6 Å². The van der Waals surface area contributed by atoms with Crippen LogP contribution in [0.4, 0.5) is 4.79 Å². The Morgan fingerprint density at radius 2 is 2.20 bits per heavy atom. The summed E-state index contributed by atoms with van der Waals surface area (Å²) in [4.78, 5) is 17.6. The van der Waals surface area contributed by atoms with Crippen LogP contribution in [0.3, 0.4) is 0 Å². The van der Waals surface area contributed by atoms with Crippen LogP contribution in [-0.4, -0.2) is 36.2 Å². The first-order valence-electron chi connectivity index (χ1n) is 6.27. The third-order valence-electron chi connectivity index (χ3n) is 3.11. The van der Waals surface area contributed by atoms with Gasteiger partial charge in [-0.2, -0.15) is 0 Å². The maximum atomic E-state index is 11.4. The molecule has 1 fully saturated rings. The summed E-state index contributed by atoms with van der Waals surface area (Å²) in [6.45, 7) is 1.62. The van der Waals surface area contributed by atoms with Crippen LogP contribution in [0.1, 0.15) is 5.01 Å². The van der Waals surface area contributed by atoms with Gasteiger partial charge >= 0.3 is 6.09 Å². The molecule has 0 unspecified atom stereocenters. The molecule has 2 heterocycles. The van der Waals surface area contributed by atoms with E-state index in [-0.39, 0.29) is 6.09 Å². The normalized spacial score (nSPS) is 14.4. The molecule has 3 rings (SSSR count). The number of amides is 1. The minimum absolute atomic E-state index is 0.258. The Kier molecular flexibility index (Phi) is 3.56. The van der Waals surface area contributed by atoms with E-state index in [2.05, 4.69) is 4.98 Å². The summed E-state index contributed by atoms with van der Waals surface area (Å²) in [7, 11) is 1.64. The Morgan fingerprint density at radius 1 is 1.40 bits per heavy atom. The van der Waals surface area contributed by atoms with Crippen molar-refractivity contribution < 1.29 is 14.3 Å². The summed E-state index contributed by atoms with van der Waals surface area (Å²) in [6, 6.07) is 7.77. The fraction of sp³-hybridized carbons (Fsp3) is 0.286. The number of hydrogen-bond donors (Lipinski definition) is 0. The fourth-order valence-corrected chi connectivity index (χ4v) is 2.83. The van der Waals surface area contributed by atoms with Crippen LogP contribution in [-0.2, 0) is 11.3 Å². The quantitative estimate of drug-likeness (QED) is 0.869. The topological polar surface area (TPSA) is 51.7 Å². The molecule has 1 aromatic carbocycles. The second-order valence-electron chi connectivity index (χ2n) is 4.39. The summed E-state index contributed by atoms with van der Waals surface area (Å²) in [5.74, 6) is 0.823. The van der Waals surface area contributed by atoms with Gasteiger partial charge in [0.05, 0.1) is 25.9 Å². The molecule has 1 aliphatic heterocycles. The third-order valence-corrected chi connectivity index (χ3v) is 3.94. The average Bonchev–Trinajstić information content (AvgIpc) is 3.10. The molecule has 0 spiro atoms. The van der Waals surface area contributed by atoms with Crippen LogP contribution in [0.2, 0.25) is 0 Å². The molecule has 104 valence electrons. The molecule has 5 nitrogen and oxygen atoms in total. The molecule has 1 aromatic heterocycles. The standard InChI is InChI=1S/C14H14N2O3S/c1-18-11-4-2-10(3-5-11)12-9-20-13(15-12)8-16-6-7-19-14(16)17/h2-5,9H,6-8H2,1H3. The molecule has 0 bridgehead atoms. The van der Waals surface area contributed by atoms with E-state index >= 15 is 0 Å². The summed E-state index contributed by atoms with van der Waals surface area (Å²) >= 11 is 1.55. The Balaban J connectivity index is 1.73. The largest absolute Gasteiger partial charge is 0.497 e. The molecule has 0 aliphatic carbocycles. The zero-order valence-corrected chi connectivity index (χ0v) is 11.9. The number of hydrogen-bond acceptors (Lipinski definition) is 5. The molecule has 6 heteroatoms. The van der Waals surface area contributed by atoms with E-state index in [1.165, 1.54) is 0 Å². The zero-order chi connectivity index (χ0) is 13.9. The number of carbonyl (C=O) groups is 1. The van der Waals surface area contributed by atoms with Crippen molar-refractivity contribution in [2.75, 3.05) is 20.3 Å². The monoisotopic (exact) mass is 290 g/mol. The first-order valence-corrected chi connectivity index (χ1v) is 7.15. The highest BCUT2D eigenvalue weighted by Crippen LogP contribution is 2.25. The van der Waals surface area contributed by atoms with E-state index in [4.69, 9.17) is 9.47 Å². The molecule has 0 atom stereocenters. The number of methoxy groups -OCH3 is 1. The van der Waals surface area contributed by atoms with Gasteiger partial charge < -0.3 is 9.47 Å². The van der Waals surface area contributed by atoms with Gasteiger partial charge in [-0.1, -0.05) is 0 Å². The molecule has 0 radical (unpaired) electrons. The van der Waals surface area contributed by atoms with Crippen molar-refractivity contribution in [3.05, 3.63) is 34.7 Å². The van der Waals surface area contributed by atoms with Crippen LogP contribution in [0.25, 0.3) is 11.3 Å².